The number of ether oxygens (including phenoxy) is 4. The highest BCUT2D eigenvalue weighted by Gasteiger charge is 2.24. The van der Waals surface area contributed by atoms with Gasteiger partial charge in [0.1, 0.15) is 7.05 Å². The van der Waals surface area contributed by atoms with Crippen LogP contribution in [-0.2, 0) is 7.05 Å². The maximum absolute atomic E-state index is 6.21. The van der Waals surface area contributed by atoms with Crippen LogP contribution in [0.4, 0.5) is 0 Å². The average Bonchev–Trinajstić information content (AvgIpc) is 2.87. The molecule has 0 aliphatic rings. The number of hydrogen-bond acceptors (Lipinski definition) is 4. The van der Waals surface area contributed by atoms with Crippen LogP contribution in [0, 0.1) is 0 Å². The molecule has 0 amide bonds. The molecule has 5 heteroatoms. The van der Waals surface area contributed by atoms with Crippen LogP contribution in [-0.4, -0.2) is 27.4 Å². The topological polar surface area (TPSA) is 40.8 Å². The molecule has 0 radical (unpaired) electrons. The van der Waals surface area contributed by atoms with Crippen molar-refractivity contribution in [2.75, 3.05) is 21.3 Å². The minimum atomic E-state index is 0.0252. The van der Waals surface area contributed by atoms with Crippen molar-refractivity contribution in [2.45, 2.75) is 20.0 Å². The number of methoxy groups -OCH3 is 3. The van der Waals surface area contributed by atoms with Gasteiger partial charge in [-0.25, -0.2) is 0 Å². The van der Waals surface area contributed by atoms with Crippen LogP contribution in [0.5, 0.6) is 23.0 Å². The molecule has 5 aromatic rings. The van der Waals surface area contributed by atoms with Crippen molar-refractivity contribution in [3.8, 4) is 34.1 Å². The zero-order valence-electron chi connectivity index (χ0n) is 21.0. The highest BCUT2D eigenvalue weighted by Crippen LogP contribution is 2.46. The normalized spacial score (nSPS) is 11.4. The second kappa shape index (κ2) is 8.99. The van der Waals surface area contributed by atoms with Crippen LogP contribution in [0.25, 0.3) is 43.6 Å². The van der Waals surface area contributed by atoms with Crippen LogP contribution in [0.3, 0.4) is 0 Å². The molecule has 0 aliphatic heterocycles. The van der Waals surface area contributed by atoms with E-state index in [2.05, 4.69) is 54.2 Å². The summed E-state index contributed by atoms with van der Waals surface area (Å²) in [6.45, 7) is 4.05. The van der Waals surface area contributed by atoms with Crippen LogP contribution >= 0.6 is 0 Å². The second-order valence-corrected chi connectivity index (χ2v) is 8.87. The summed E-state index contributed by atoms with van der Waals surface area (Å²) in [7, 11) is 7.11. The maximum atomic E-state index is 6.21. The third-order valence-corrected chi connectivity index (χ3v) is 6.40. The van der Waals surface area contributed by atoms with Gasteiger partial charge in [-0.2, -0.15) is 4.57 Å². The van der Waals surface area contributed by atoms with E-state index in [-0.39, 0.29) is 6.10 Å². The first kappa shape index (κ1) is 22.8. The first-order chi connectivity index (χ1) is 17.0. The number of fused-ring (bicyclic) bond motifs is 5. The van der Waals surface area contributed by atoms with Gasteiger partial charge >= 0.3 is 0 Å². The van der Waals surface area contributed by atoms with E-state index in [0.29, 0.717) is 5.75 Å². The lowest BCUT2D eigenvalue weighted by Crippen LogP contribution is -2.29. The molecule has 0 atom stereocenters. The molecule has 0 saturated heterocycles. The zero-order chi connectivity index (χ0) is 24.7. The Morgan fingerprint density at radius 1 is 0.657 bits per heavy atom. The van der Waals surface area contributed by atoms with E-state index in [1.165, 1.54) is 0 Å². The summed E-state index contributed by atoms with van der Waals surface area (Å²) in [6, 6.07) is 20.8. The molecule has 5 nitrogen and oxygen atoms in total. The van der Waals surface area contributed by atoms with E-state index in [1.54, 1.807) is 21.3 Å². The Hall–Kier alpha value is -3.99. The predicted octanol–water partition coefficient (Wildman–Crippen LogP) is 6.45. The number of hydrogen-bond donors (Lipinski definition) is 0. The fraction of sp³-hybridized carbons (Fsp3) is 0.233. The zero-order valence-corrected chi connectivity index (χ0v) is 21.0. The van der Waals surface area contributed by atoms with Gasteiger partial charge in [0.25, 0.3) is 0 Å². The highest BCUT2D eigenvalue weighted by atomic mass is 16.5. The van der Waals surface area contributed by atoms with E-state index in [1.807, 2.05) is 38.1 Å². The largest absolute Gasteiger partial charge is 0.493 e. The van der Waals surface area contributed by atoms with Crippen LogP contribution < -0.4 is 23.5 Å². The summed E-state index contributed by atoms with van der Waals surface area (Å²) < 4.78 is 25.7. The summed E-state index contributed by atoms with van der Waals surface area (Å²) in [5.74, 6) is 2.91. The SMILES string of the molecule is COc1cc2c(ccc3c4ccc(OC)c(OC(C)C)c4c[n+](C)c23)c(-c2ccccc2)c1OC. The van der Waals surface area contributed by atoms with E-state index in [4.69, 9.17) is 18.9 Å². The van der Waals surface area contributed by atoms with Gasteiger partial charge in [0.2, 0.25) is 5.52 Å². The van der Waals surface area contributed by atoms with Crippen molar-refractivity contribution in [3.63, 3.8) is 0 Å². The summed E-state index contributed by atoms with van der Waals surface area (Å²) in [6.07, 6.45) is 2.15. The van der Waals surface area contributed by atoms with Crippen LogP contribution in [0.2, 0.25) is 0 Å². The standard InChI is InChI=1S/C30H30NO4/c1-18(2)35-29-24-17-31(3)28-22(20(24)14-15-25(29)32-4)13-12-21-23(28)16-26(33-5)30(34-6)27(21)19-10-8-7-9-11-19/h7-18H,1-6H3/q+1. The Bertz CT molecular complexity index is 1560. The Labute approximate surface area is 205 Å². The van der Waals surface area contributed by atoms with Crippen LogP contribution in [0.15, 0.2) is 66.9 Å². The van der Waals surface area contributed by atoms with Gasteiger partial charge in [-0.05, 0) is 43.7 Å². The van der Waals surface area contributed by atoms with Gasteiger partial charge in [-0.1, -0.05) is 36.4 Å². The van der Waals surface area contributed by atoms with Gasteiger partial charge in [-0.3, -0.25) is 0 Å². The molecular weight excluding hydrogens is 438 g/mol. The van der Waals surface area contributed by atoms with Gasteiger partial charge in [0, 0.05) is 16.3 Å². The number of aromatic nitrogens is 1. The quantitative estimate of drug-likeness (QED) is 0.212. The Morgan fingerprint density at radius 2 is 1.34 bits per heavy atom. The Balaban J connectivity index is 1.94. The summed E-state index contributed by atoms with van der Waals surface area (Å²) in [5, 5.41) is 5.43. The molecule has 178 valence electrons. The Morgan fingerprint density at radius 3 is 2.00 bits per heavy atom. The lowest BCUT2D eigenvalue weighted by Gasteiger charge is -2.18. The molecule has 0 saturated carbocycles. The molecule has 0 spiro atoms. The first-order valence-corrected chi connectivity index (χ1v) is 11.7. The molecular formula is C30H30NO4+. The first-order valence-electron chi connectivity index (χ1n) is 11.7. The molecule has 35 heavy (non-hydrogen) atoms. The van der Waals surface area contributed by atoms with E-state index in [9.17, 15) is 0 Å². The van der Waals surface area contributed by atoms with Crippen molar-refractivity contribution < 1.29 is 23.5 Å². The Kier molecular flexibility index (Phi) is 5.85. The van der Waals surface area contributed by atoms with Crippen molar-refractivity contribution in [3.05, 3.63) is 66.9 Å². The lowest BCUT2D eigenvalue weighted by atomic mass is 9.93. The molecule has 5 rings (SSSR count). The fourth-order valence-electron chi connectivity index (χ4n) is 4.98. The third-order valence-electron chi connectivity index (χ3n) is 6.40. The van der Waals surface area contributed by atoms with E-state index < -0.39 is 0 Å². The highest BCUT2D eigenvalue weighted by molar-refractivity contribution is 6.18. The van der Waals surface area contributed by atoms with E-state index >= 15 is 0 Å². The molecule has 0 aliphatic carbocycles. The number of benzene rings is 4. The third kappa shape index (κ3) is 3.68. The molecule has 1 aromatic heterocycles. The van der Waals surface area contributed by atoms with Crippen molar-refractivity contribution in [1.82, 2.24) is 0 Å². The van der Waals surface area contributed by atoms with Gasteiger partial charge in [-0.15, -0.1) is 0 Å². The summed E-state index contributed by atoms with van der Waals surface area (Å²) >= 11 is 0. The monoisotopic (exact) mass is 468 g/mol. The molecule has 1 heterocycles. The van der Waals surface area contributed by atoms with Gasteiger partial charge in [0.05, 0.1) is 43.6 Å². The number of pyridine rings is 1. The number of rotatable bonds is 6. The molecule has 0 fully saturated rings. The molecule has 0 N–H and O–H groups in total. The summed E-state index contributed by atoms with van der Waals surface area (Å²) in [5.41, 5.74) is 3.20. The second-order valence-electron chi connectivity index (χ2n) is 8.87. The van der Waals surface area contributed by atoms with Crippen LogP contribution in [0.1, 0.15) is 13.8 Å². The minimum absolute atomic E-state index is 0.0252. The number of aryl methyl sites for hydroxylation is 1. The molecule has 0 unspecified atom stereocenters. The van der Waals surface area contributed by atoms with E-state index in [0.717, 1.165) is 60.8 Å². The van der Waals surface area contributed by atoms with Crippen molar-refractivity contribution in [1.29, 1.82) is 0 Å². The molecule has 4 aromatic carbocycles. The van der Waals surface area contributed by atoms with Gasteiger partial charge in [0.15, 0.2) is 29.2 Å². The smallest absolute Gasteiger partial charge is 0.220 e. The van der Waals surface area contributed by atoms with Crippen molar-refractivity contribution >= 4 is 32.4 Å². The maximum Gasteiger partial charge on any atom is 0.220 e. The lowest BCUT2D eigenvalue weighted by molar-refractivity contribution is -0.642. The molecule has 0 bridgehead atoms. The predicted molar refractivity (Wildman–Crippen MR) is 141 cm³/mol. The fourth-order valence-corrected chi connectivity index (χ4v) is 4.98. The van der Waals surface area contributed by atoms with Gasteiger partial charge < -0.3 is 18.9 Å². The average molecular weight is 469 g/mol. The summed E-state index contributed by atoms with van der Waals surface area (Å²) in [4.78, 5) is 0. The number of nitrogens with zero attached hydrogens (tertiary/aromatic N) is 1. The van der Waals surface area contributed by atoms with Crippen molar-refractivity contribution in [2.24, 2.45) is 7.05 Å². The minimum Gasteiger partial charge on any atom is -0.493 e.